The Morgan fingerprint density at radius 1 is 1.00 bits per heavy atom. The fourth-order valence-electron chi connectivity index (χ4n) is 3.52. The average molecular weight is 486 g/mol. The summed E-state index contributed by atoms with van der Waals surface area (Å²) in [6.07, 6.45) is 0. The van der Waals surface area contributed by atoms with Crippen molar-refractivity contribution in [2.75, 3.05) is 43.0 Å². The Morgan fingerprint density at radius 3 is 2.42 bits per heavy atom. The monoisotopic (exact) mass is 485 g/mol. The second kappa shape index (κ2) is 10.3. The van der Waals surface area contributed by atoms with Crippen molar-refractivity contribution < 1.29 is 9.53 Å². The molecule has 3 aromatic rings. The Hall–Kier alpha value is -3.03. The number of nitrogens with one attached hydrogen (secondary N) is 1. The molecule has 0 unspecified atom stereocenters. The van der Waals surface area contributed by atoms with Crippen LogP contribution in [0.2, 0.25) is 10.0 Å². The number of aromatic nitrogens is 2. The zero-order valence-electron chi connectivity index (χ0n) is 18.5. The zero-order valence-corrected chi connectivity index (χ0v) is 20.0. The van der Waals surface area contributed by atoms with E-state index in [1.165, 1.54) is 5.56 Å². The lowest BCUT2D eigenvalue weighted by Crippen LogP contribution is -2.50. The Kier molecular flexibility index (Phi) is 7.20. The average Bonchev–Trinajstić information content (AvgIpc) is 2.79. The van der Waals surface area contributed by atoms with E-state index in [1.807, 2.05) is 25.1 Å². The number of anilines is 3. The highest BCUT2D eigenvalue weighted by Gasteiger charge is 2.23. The third-order valence-corrected chi connectivity index (χ3v) is 5.86. The van der Waals surface area contributed by atoms with Gasteiger partial charge in [0.25, 0.3) is 5.91 Å². The first kappa shape index (κ1) is 23.1. The molecule has 0 radical (unpaired) electrons. The number of benzene rings is 2. The maximum atomic E-state index is 12.6. The van der Waals surface area contributed by atoms with Gasteiger partial charge in [-0.25, -0.2) is 4.98 Å². The summed E-state index contributed by atoms with van der Waals surface area (Å²) < 4.78 is 5.59. The molecule has 0 atom stereocenters. The van der Waals surface area contributed by atoms with E-state index in [4.69, 9.17) is 27.9 Å². The van der Waals surface area contributed by atoms with Crippen LogP contribution in [0.4, 0.5) is 17.5 Å². The van der Waals surface area contributed by atoms with Gasteiger partial charge in [0.1, 0.15) is 11.6 Å². The quantitative estimate of drug-likeness (QED) is 0.536. The molecule has 1 fully saturated rings. The summed E-state index contributed by atoms with van der Waals surface area (Å²) in [5, 5.41) is 4.24. The van der Waals surface area contributed by atoms with Gasteiger partial charge < -0.3 is 19.9 Å². The van der Waals surface area contributed by atoms with Gasteiger partial charge in [-0.3, -0.25) is 4.79 Å². The lowest BCUT2D eigenvalue weighted by molar-refractivity contribution is -0.133. The normalized spacial score (nSPS) is 13.7. The molecule has 172 valence electrons. The topological polar surface area (TPSA) is 70.6 Å². The molecule has 1 aliphatic rings. The molecule has 0 bridgehead atoms. The maximum absolute atomic E-state index is 12.6. The van der Waals surface area contributed by atoms with Crippen molar-refractivity contribution >= 4 is 46.6 Å². The second-order valence-corrected chi connectivity index (χ2v) is 8.76. The van der Waals surface area contributed by atoms with E-state index in [1.54, 1.807) is 23.1 Å². The van der Waals surface area contributed by atoms with Gasteiger partial charge in [0.05, 0.1) is 5.02 Å². The number of aryl methyl sites for hydroxylation is 2. The zero-order chi connectivity index (χ0) is 23.4. The number of piperazine rings is 1. The van der Waals surface area contributed by atoms with Crippen LogP contribution in [0.25, 0.3) is 0 Å². The summed E-state index contributed by atoms with van der Waals surface area (Å²) in [6, 6.07) is 15.0. The van der Waals surface area contributed by atoms with E-state index in [0.717, 1.165) is 17.2 Å². The highest BCUT2D eigenvalue weighted by Crippen LogP contribution is 2.27. The minimum absolute atomic E-state index is 0.0765. The fraction of sp³-hybridized carbons (Fsp3) is 0.292. The number of rotatable bonds is 6. The Balaban J connectivity index is 1.33. The van der Waals surface area contributed by atoms with Gasteiger partial charge in [-0.15, -0.1) is 0 Å². The van der Waals surface area contributed by atoms with Crippen LogP contribution < -0.4 is 15.0 Å². The van der Waals surface area contributed by atoms with Crippen molar-refractivity contribution in [3.63, 3.8) is 0 Å². The molecule has 1 amide bonds. The number of halogens is 2. The second-order valence-electron chi connectivity index (χ2n) is 7.92. The molecule has 1 saturated heterocycles. The van der Waals surface area contributed by atoms with Gasteiger partial charge >= 0.3 is 0 Å². The summed E-state index contributed by atoms with van der Waals surface area (Å²) in [6.45, 7) is 6.34. The number of hydrogen-bond acceptors (Lipinski definition) is 6. The van der Waals surface area contributed by atoms with E-state index >= 15 is 0 Å². The number of amides is 1. The van der Waals surface area contributed by atoms with Crippen molar-refractivity contribution in [2.24, 2.45) is 0 Å². The molecule has 4 rings (SSSR count). The predicted molar refractivity (Wildman–Crippen MR) is 132 cm³/mol. The number of carbonyl (C=O) groups is 1. The van der Waals surface area contributed by atoms with Gasteiger partial charge in [0, 0.05) is 48.6 Å². The Labute approximate surface area is 203 Å². The van der Waals surface area contributed by atoms with Crippen molar-refractivity contribution in [3.8, 4) is 5.75 Å². The van der Waals surface area contributed by atoms with E-state index in [0.29, 0.717) is 47.9 Å². The summed E-state index contributed by atoms with van der Waals surface area (Å²) in [4.78, 5) is 25.8. The number of hydrogen-bond donors (Lipinski definition) is 1. The maximum Gasteiger partial charge on any atom is 0.260 e. The van der Waals surface area contributed by atoms with Crippen LogP contribution in [0.3, 0.4) is 0 Å². The van der Waals surface area contributed by atoms with Crippen molar-refractivity contribution in [1.29, 1.82) is 0 Å². The molecule has 2 aromatic carbocycles. The lowest BCUT2D eigenvalue weighted by atomic mass is 10.2. The number of carbonyl (C=O) groups excluding carboxylic acids is 1. The first-order valence-corrected chi connectivity index (χ1v) is 11.4. The van der Waals surface area contributed by atoms with Gasteiger partial charge in [-0.05, 0) is 44.2 Å². The van der Waals surface area contributed by atoms with Crippen LogP contribution >= 0.6 is 23.2 Å². The van der Waals surface area contributed by atoms with Crippen molar-refractivity contribution in [2.45, 2.75) is 13.8 Å². The summed E-state index contributed by atoms with van der Waals surface area (Å²) in [5.74, 6) is 1.75. The molecular weight excluding hydrogens is 461 g/mol. The number of ether oxygens (including phenoxy) is 1. The van der Waals surface area contributed by atoms with Crippen LogP contribution in [0.1, 0.15) is 11.3 Å². The molecule has 1 aromatic heterocycles. The van der Waals surface area contributed by atoms with Crippen LogP contribution in [0.15, 0.2) is 48.5 Å². The standard InChI is InChI=1S/C24H25Cl2N5O2/c1-16-3-6-19(7-4-16)28-22-13-17(2)27-24(29-22)31-11-9-30(10-12-31)23(32)15-33-21-8-5-18(25)14-20(21)26/h3-8,13-14H,9-12,15H2,1-2H3,(H,27,28,29). The van der Waals surface area contributed by atoms with Gasteiger partial charge in [0.15, 0.2) is 6.61 Å². The Bertz CT molecular complexity index is 1130. The van der Waals surface area contributed by atoms with Crippen LogP contribution in [-0.4, -0.2) is 53.6 Å². The third-order valence-electron chi connectivity index (χ3n) is 5.33. The highest BCUT2D eigenvalue weighted by atomic mass is 35.5. The summed E-state index contributed by atoms with van der Waals surface area (Å²) in [7, 11) is 0. The summed E-state index contributed by atoms with van der Waals surface area (Å²) in [5.41, 5.74) is 3.05. The van der Waals surface area contributed by atoms with Gasteiger partial charge in [-0.1, -0.05) is 40.9 Å². The first-order valence-electron chi connectivity index (χ1n) is 10.7. The largest absolute Gasteiger partial charge is 0.482 e. The molecule has 2 heterocycles. The fourth-order valence-corrected chi connectivity index (χ4v) is 3.99. The van der Waals surface area contributed by atoms with Crippen molar-refractivity contribution in [1.82, 2.24) is 14.9 Å². The summed E-state index contributed by atoms with van der Waals surface area (Å²) >= 11 is 12.0. The van der Waals surface area contributed by atoms with E-state index < -0.39 is 0 Å². The van der Waals surface area contributed by atoms with Crippen LogP contribution in [-0.2, 0) is 4.79 Å². The van der Waals surface area contributed by atoms with Crippen LogP contribution in [0.5, 0.6) is 5.75 Å². The Morgan fingerprint density at radius 2 is 1.73 bits per heavy atom. The molecule has 1 N–H and O–H groups in total. The van der Waals surface area contributed by atoms with Crippen LogP contribution in [0, 0.1) is 13.8 Å². The minimum atomic E-state index is -0.0902. The van der Waals surface area contributed by atoms with E-state index in [9.17, 15) is 4.79 Å². The smallest absolute Gasteiger partial charge is 0.260 e. The molecule has 9 heteroatoms. The molecule has 0 saturated carbocycles. The molecule has 0 aliphatic carbocycles. The van der Waals surface area contributed by atoms with Crippen molar-refractivity contribution in [3.05, 3.63) is 69.8 Å². The van der Waals surface area contributed by atoms with E-state index in [2.05, 4.69) is 39.2 Å². The predicted octanol–water partition coefficient (Wildman–Crippen LogP) is 4.87. The third kappa shape index (κ3) is 6.06. The molecule has 7 nitrogen and oxygen atoms in total. The van der Waals surface area contributed by atoms with E-state index in [-0.39, 0.29) is 12.5 Å². The minimum Gasteiger partial charge on any atom is -0.482 e. The molecule has 33 heavy (non-hydrogen) atoms. The lowest BCUT2D eigenvalue weighted by Gasteiger charge is -2.34. The number of nitrogens with zero attached hydrogens (tertiary/aromatic N) is 4. The first-order chi connectivity index (χ1) is 15.9. The molecule has 0 spiro atoms. The van der Waals surface area contributed by atoms with Gasteiger partial charge in [-0.2, -0.15) is 4.98 Å². The SMILES string of the molecule is Cc1ccc(Nc2cc(C)nc(N3CCN(C(=O)COc4ccc(Cl)cc4Cl)CC3)n2)cc1. The van der Waals surface area contributed by atoms with Gasteiger partial charge in [0.2, 0.25) is 5.95 Å². The molecule has 1 aliphatic heterocycles. The molecular formula is C24H25Cl2N5O2. The highest BCUT2D eigenvalue weighted by molar-refractivity contribution is 6.35.